The van der Waals surface area contributed by atoms with Gasteiger partial charge in [-0.1, -0.05) is 0 Å². The fourth-order valence-electron chi connectivity index (χ4n) is 2.43. The normalized spacial score (nSPS) is 15.6. The average molecular weight is 348 g/mol. The van der Waals surface area contributed by atoms with Gasteiger partial charge >= 0.3 is 0 Å². The minimum Gasteiger partial charge on any atom is -0.379 e. The third kappa shape index (κ3) is 7.49. The SMILES string of the molecule is CCNC(=NCCN1CCOCC1)NCCNC(=O)c1cccnc1. The van der Waals surface area contributed by atoms with Gasteiger partial charge in [0.15, 0.2) is 5.96 Å². The Kier molecular flexibility index (Phi) is 8.71. The lowest BCUT2D eigenvalue weighted by Crippen LogP contribution is -2.42. The van der Waals surface area contributed by atoms with E-state index < -0.39 is 0 Å². The zero-order chi connectivity index (χ0) is 17.7. The number of hydrogen-bond acceptors (Lipinski definition) is 5. The summed E-state index contributed by atoms with van der Waals surface area (Å²) < 4.78 is 5.34. The molecule has 0 atom stereocenters. The largest absolute Gasteiger partial charge is 0.379 e. The van der Waals surface area contributed by atoms with Crippen LogP contribution < -0.4 is 16.0 Å². The summed E-state index contributed by atoms with van der Waals surface area (Å²) in [6.07, 6.45) is 3.20. The van der Waals surface area contributed by atoms with E-state index in [9.17, 15) is 4.79 Å². The quantitative estimate of drug-likeness (QED) is 0.339. The van der Waals surface area contributed by atoms with E-state index in [1.807, 2.05) is 6.92 Å². The number of rotatable bonds is 8. The number of hydrogen-bond donors (Lipinski definition) is 3. The number of nitrogens with zero attached hydrogens (tertiary/aromatic N) is 3. The second-order valence-corrected chi connectivity index (χ2v) is 5.64. The molecule has 3 N–H and O–H groups in total. The predicted octanol–water partition coefficient (Wildman–Crippen LogP) is -0.301. The summed E-state index contributed by atoms with van der Waals surface area (Å²) in [7, 11) is 0. The van der Waals surface area contributed by atoms with E-state index in [4.69, 9.17) is 4.74 Å². The van der Waals surface area contributed by atoms with Crippen molar-refractivity contribution in [1.29, 1.82) is 0 Å². The Balaban J connectivity index is 1.66. The van der Waals surface area contributed by atoms with Crippen molar-refractivity contribution in [2.75, 3.05) is 59.0 Å². The van der Waals surface area contributed by atoms with E-state index in [2.05, 4.69) is 30.8 Å². The number of pyridine rings is 1. The van der Waals surface area contributed by atoms with Gasteiger partial charge in [-0.2, -0.15) is 0 Å². The molecule has 2 rings (SSSR count). The first-order chi connectivity index (χ1) is 12.3. The molecule has 0 radical (unpaired) electrons. The van der Waals surface area contributed by atoms with Crippen molar-refractivity contribution in [2.45, 2.75) is 6.92 Å². The standard InChI is InChI=1S/C17H28N6O2/c1-2-19-17(22-8-9-23-10-12-25-13-11-23)21-7-6-20-16(24)15-4-3-5-18-14-15/h3-5,14H,2,6-13H2,1H3,(H,20,24)(H2,19,21,22). The van der Waals surface area contributed by atoms with Gasteiger partial charge in [0.25, 0.3) is 5.91 Å². The first kappa shape index (κ1) is 19.1. The molecule has 2 heterocycles. The number of carbonyl (C=O) groups is 1. The Hall–Kier alpha value is -2.19. The average Bonchev–Trinajstić information content (AvgIpc) is 2.66. The Labute approximate surface area is 149 Å². The zero-order valence-corrected chi connectivity index (χ0v) is 14.8. The molecule has 1 fully saturated rings. The number of morpholine rings is 1. The molecule has 0 aliphatic carbocycles. The minimum atomic E-state index is -0.121. The van der Waals surface area contributed by atoms with E-state index in [0.29, 0.717) is 18.7 Å². The van der Waals surface area contributed by atoms with Gasteiger partial charge in [-0.15, -0.1) is 0 Å². The van der Waals surface area contributed by atoms with Crippen molar-refractivity contribution in [1.82, 2.24) is 25.8 Å². The Morgan fingerprint density at radius 1 is 1.28 bits per heavy atom. The topological polar surface area (TPSA) is 90.9 Å². The van der Waals surface area contributed by atoms with Crippen LogP contribution in [-0.2, 0) is 4.74 Å². The Morgan fingerprint density at radius 3 is 2.80 bits per heavy atom. The van der Waals surface area contributed by atoms with Crippen LogP contribution in [0.25, 0.3) is 0 Å². The molecule has 25 heavy (non-hydrogen) atoms. The molecule has 0 unspecified atom stereocenters. The summed E-state index contributed by atoms with van der Waals surface area (Å²) in [6.45, 7) is 9.16. The van der Waals surface area contributed by atoms with Gasteiger partial charge in [-0.05, 0) is 19.1 Å². The number of amides is 1. The second-order valence-electron chi connectivity index (χ2n) is 5.64. The number of guanidine groups is 1. The Morgan fingerprint density at radius 2 is 2.08 bits per heavy atom. The van der Waals surface area contributed by atoms with Crippen molar-refractivity contribution in [2.24, 2.45) is 4.99 Å². The van der Waals surface area contributed by atoms with Crippen LogP contribution in [0, 0.1) is 0 Å². The maximum absolute atomic E-state index is 11.9. The predicted molar refractivity (Wildman–Crippen MR) is 97.8 cm³/mol. The second kappa shape index (κ2) is 11.4. The minimum absolute atomic E-state index is 0.121. The van der Waals surface area contributed by atoms with Gasteiger partial charge in [0.2, 0.25) is 0 Å². The molecule has 1 amide bonds. The highest BCUT2D eigenvalue weighted by Gasteiger charge is 2.09. The summed E-state index contributed by atoms with van der Waals surface area (Å²) in [5.74, 6) is 0.649. The lowest BCUT2D eigenvalue weighted by molar-refractivity contribution is 0.0394. The molecule has 138 valence electrons. The molecule has 1 aromatic heterocycles. The molecule has 1 saturated heterocycles. The van der Waals surface area contributed by atoms with Gasteiger partial charge < -0.3 is 20.7 Å². The fraction of sp³-hybridized carbons (Fsp3) is 0.588. The number of aromatic nitrogens is 1. The zero-order valence-electron chi connectivity index (χ0n) is 14.8. The van der Waals surface area contributed by atoms with Gasteiger partial charge in [-0.25, -0.2) is 0 Å². The smallest absolute Gasteiger partial charge is 0.252 e. The van der Waals surface area contributed by atoms with Crippen LogP contribution in [-0.4, -0.2) is 80.8 Å². The molecule has 1 aliphatic rings. The fourth-order valence-corrected chi connectivity index (χ4v) is 2.43. The van der Waals surface area contributed by atoms with E-state index in [-0.39, 0.29) is 5.91 Å². The van der Waals surface area contributed by atoms with Gasteiger partial charge in [-0.3, -0.25) is 19.7 Å². The van der Waals surface area contributed by atoms with Gasteiger partial charge in [0.05, 0.1) is 25.3 Å². The third-order valence-electron chi connectivity index (χ3n) is 3.76. The molecule has 0 spiro atoms. The molecule has 8 heteroatoms. The van der Waals surface area contributed by atoms with Crippen molar-refractivity contribution in [3.8, 4) is 0 Å². The number of aliphatic imine (C=N–C) groups is 1. The molecule has 0 aromatic carbocycles. The van der Waals surface area contributed by atoms with Gasteiger partial charge in [0, 0.05) is 51.7 Å². The van der Waals surface area contributed by atoms with E-state index in [1.54, 1.807) is 24.5 Å². The summed E-state index contributed by atoms with van der Waals surface area (Å²) >= 11 is 0. The summed E-state index contributed by atoms with van der Waals surface area (Å²) in [4.78, 5) is 22.8. The van der Waals surface area contributed by atoms with Crippen molar-refractivity contribution >= 4 is 11.9 Å². The van der Waals surface area contributed by atoms with Crippen LogP contribution in [0.2, 0.25) is 0 Å². The van der Waals surface area contributed by atoms with Crippen molar-refractivity contribution in [3.63, 3.8) is 0 Å². The molecule has 1 aromatic rings. The maximum atomic E-state index is 11.9. The molecular weight excluding hydrogens is 320 g/mol. The van der Waals surface area contributed by atoms with Crippen LogP contribution in [0.1, 0.15) is 17.3 Å². The number of ether oxygens (including phenoxy) is 1. The van der Waals surface area contributed by atoms with E-state index >= 15 is 0 Å². The lowest BCUT2D eigenvalue weighted by atomic mass is 10.3. The number of carbonyl (C=O) groups excluding carboxylic acids is 1. The van der Waals surface area contributed by atoms with Crippen LogP contribution in [0.4, 0.5) is 0 Å². The highest BCUT2D eigenvalue weighted by atomic mass is 16.5. The van der Waals surface area contributed by atoms with E-state index in [0.717, 1.165) is 51.9 Å². The van der Waals surface area contributed by atoms with Crippen LogP contribution in [0.5, 0.6) is 0 Å². The highest BCUT2D eigenvalue weighted by molar-refractivity contribution is 5.93. The van der Waals surface area contributed by atoms with E-state index in [1.165, 1.54) is 0 Å². The Bertz CT molecular complexity index is 531. The first-order valence-corrected chi connectivity index (χ1v) is 8.80. The maximum Gasteiger partial charge on any atom is 0.252 e. The monoisotopic (exact) mass is 348 g/mol. The van der Waals surface area contributed by atoms with Crippen LogP contribution in [0.15, 0.2) is 29.5 Å². The summed E-state index contributed by atoms with van der Waals surface area (Å²) in [6, 6.07) is 3.49. The molecule has 1 aliphatic heterocycles. The lowest BCUT2D eigenvalue weighted by Gasteiger charge is -2.25. The van der Waals surface area contributed by atoms with Crippen molar-refractivity contribution in [3.05, 3.63) is 30.1 Å². The van der Waals surface area contributed by atoms with Crippen LogP contribution >= 0.6 is 0 Å². The third-order valence-corrected chi connectivity index (χ3v) is 3.76. The van der Waals surface area contributed by atoms with Gasteiger partial charge in [0.1, 0.15) is 0 Å². The van der Waals surface area contributed by atoms with Crippen LogP contribution in [0.3, 0.4) is 0 Å². The number of nitrogens with one attached hydrogen (secondary N) is 3. The highest BCUT2D eigenvalue weighted by Crippen LogP contribution is 1.96. The molecule has 0 saturated carbocycles. The molecular formula is C17H28N6O2. The molecule has 8 nitrogen and oxygen atoms in total. The first-order valence-electron chi connectivity index (χ1n) is 8.80. The summed E-state index contributed by atoms with van der Waals surface area (Å²) in [5, 5.41) is 9.30. The summed E-state index contributed by atoms with van der Waals surface area (Å²) in [5.41, 5.74) is 0.564. The molecule has 0 bridgehead atoms. The van der Waals surface area contributed by atoms with Crippen molar-refractivity contribution < 1.29 is 9.53 Å².